The Morgan fingerprint density at radius 1 is 1.15 bits per heavy atom. The first-order valence-electron chi connectivity index (χ1n) is 9.70. The van der Waals surface area contributed by atoms with Crippen LogP contribution in [0.1, 0.15) is 5.56 Å². The van der Waals surface area contributed by atoms with Crippen molar-refractivity contribution in [1.29, 1.82) is 0 Å². The normalized spacial score (nSPS) is 11.2. The van der Waals surface area contributed by atoms with Crippen LogP contribution in [0.2, 0.25) is 0 Å². The lowest BCUT2D eigenvalue weighted by molar-refractivity contribution is -0.384. The van der Waals surface area contributed by atoms with Crippen molar-refractivity contribution in [3.63, 3.8) is 0 Å². The van der Waals surface area contributed by atoms with Crippen molar-refractivity contribution in [1.82, 2.24) is 5.43 Å². The van der Waals surface area contributed by atoms with Crippen molar-refractivity contribution in [2.75, 3.05) is 18.0 Å². The Hall–Kier alpha value is -3.77. The SMILES string of the molecule is COc1ccc(Br)cc1S(=O)(=O)N(CC(=O)N/N=C\c1cccc([N+](=O)[O-])c1)c1ccccc1. The third-order valence-electron chi connectivity index (χ3n) is 4.51. The molecule has 0 aromatic heterocycles. The molecule has 10 nitrogen and oxygen atoms in total. The number of benzene rings is 3. The van der Waals surface area contributed by atoms with Crippen LogP contribution in [-0.4, -0.2) is 39.1 Å². The number of methoxy groups -OCH3 is 1. The molecule has 0 fully saturated rings. The minimum atomic E-state index is -4.22. The number of nitrogens with zero attached hydrogens (tertiary/aromatic N) is 3. The molecule has 0 spiro atoms. The molecule has 0 radical (unpaired) electrons. The van der Waals surface area contributed by atoms with Gasteiger partial charge in [0.2, 0.25) is 0 Å². The molecule has 0 heterocycles. The first kappa shape index (κ1) is 24.9. The van der Waals surface area contributed by atoms with E-state index in [1.54, 1.807) is 42.5 Å². The van der Waals surface area contributed by atoms with Gasteiger partial charge >= 0.3 is 0 Å². The second kappa shape index (κ2) is 10.9. The molecule has 34 heavy (non-hydrogen) atoms. The van der Waals surface area contributed by atoms with Crippen molar-refractivity contribution < 1.29 is 22.9 Å². The largest absolute Gasteiger partial charge is 0.495 e. The maximum atomic E-state index is 13.5. The number of non-ortho nitro benzene ring substituents is 1. The van der Waals surface area contributed by atoms with Crippen LogP contribution in [0.15, 0.2) is 87.3 Å². The smallest absolute Gasteiger partial charge is 0.270 e. The van der Waals surface area contributed by atoms with Gasteiger partial charge in [0.15, 0.2) is 0 Å². The Morgan fingerprint density at radius 2 is 1.88 bits per heavy atom. The number of hydrogen-bond acceptors (Lipinski definition) is 7. The summed E-state index contributed by atoms with van der Waals surface area (Å²) in [6, 6.07) is 18.3. The minimum Gasteiger partial charge on any atom is -0.495 e. The van der Waals surface area contributed by atoms with E-state index in [4.69, 9.17) is 4.74 Å². The number of carbonyl (C=O) groups excluding carboxylic acids is 1. The molecule has 3 aromatic carbocycles. The number of para-hydroxylation sites is 1. The fourth-order valence-corrected chi connectivity index (χ4v) is 5.06. The quantitative estimate of drug-likeness (QED) is 0.247. The molecule has 1 amide bonds. The average molecular weight is 547 g/mol. The third kappa shape index (κ3) is 5.97. The standard InChI is InChI=1S/C22H19BrN4O6S/c1-33-20-11-10-17(23)13-21(20)34(31,32)26(18-7-3-2-4-8-18)15-22(28)25-24-14-16-6-5-9-19(12-16)27(29)30/h2-14H,15H2,1H3,(H,25,28)/b24-14-. The summed E-state index contributed by atoms with van der Waals surface area (Å²) in [6.45, 7) is -0.575. The topological polar surface area (TPSA) is 131 Å². The second-order valence-electron chi connectivity index (χ2n) is 6.79. The van der Waals surface area contributed by atoms with Crippen LogP contribution in [0, 0.1) is 10.1 Å². The summed E-state index contributed by atoms with van der Waals surface area (Å²) in [5.74, 6) is -0.601. The van der Waals surface area contributed by atoms with E-state index < -0.39 is 27.4 Å². The number of nitrogens with one attached hydrogen (secondary N) is 1. The van der Waals surface area contributed by atoms with Crippen molar-refractivity contribution in [3.8, 4) is 5.75 Å². The van der Waals surface area contributed by atoms with E-state index in [0.29, 0.717) is 10.0 Å². The van der Waals surface area contributed by atoms with Crippen LogP contribution in [0.25, 0.3) is 0 Å². The highest BCUT2D eigenvalue weighted by Gasteiger charge is 2.30. The molecule has 0 unspecified atom stereocenters. The lowest BCUT2D eigenvalue weighted by Gasteiger charge is -2.24. The highest BCUT2D eigenvalue weighted by molar-refractivity contribution is 9.10. The summed E-state index contributed by atoms with van der Waals surface area (Å²) >= 11 is 3.27. The van der Waals surface area contributed by atoms with Gasteiger partial charge < -0.3 is 4.74 Å². The van der Waals surface area contributed by atoms with Gasteiger partial charge in [-0.15, -0.1) is 0 Å². The summed E-state index contributed by atoms with van der Waals surface area (Å²) in [5.41, 5.74) is 2.79. The number of nitro groups is 1. The second-order valence-corrected chi connectivity index (χ2v) is 9.53. The summed E-state index contributed by atoms with van der Waals surface area (Å²) < 4.78 is 33.8. The first-order valence-corrected chi connectivity index (χ1v) is 11.9. The maximum absolute atomic E-state index is 13.5. The van der Waals surface area contributed by atoms with Gasteiger partial charge in [0.1, 0.15) is 17.2 Å². The number of amides is 1. The van der Waals surface area contributed by atoms with Crippen molar-refractivity contribution in [2.45, 2.75) is 4.90 Å². The van der Waals surface area contributed by atoms with Gasteiger partial charge in [0.25, 0.3) is 21.6 Å². The Kier molecular flexibility index (Phi) is 7.97. The molecule has 1 N–H and O–H groups in total. The van der Waals surface area contributed by atoms with E-state index in [2.05, 4.69) is 26.5 Å². The molecule has 176 valence electrons. The Bertz CT molecular complexity index is 1330. The van der Waals surface area contributed by atoms with E-state index in [0.717, 1.165) is 4.31 Å². The van der Waals surface area contributed by atoms with Gasteiger partial charge in [0.05, 0.1) is 23.9 Å². The number of hydrogen-bond donors (Lipinski definition) is 1. The number of sulfonamides is 1. The number of nitro benzene ring substituents is 1. The Morgan fingerprint density at radius 3 is 2.56 bits per heavy atom. The van der Waals surface area contributed by atoms with Gasteiger partial charge in [-0.25, -0.2) is 13.8 Å². The van der Waals surface area contributed by atoms with Gasteiger partial charge in [-0.1, -0.05) is 46.3 Å². The van der Waals surface area contributed by atoms with Crippen LogP contribution in [0.5, 0.6) is 5.75 Å². The number of rotatable bonds is 9. The number of carbonyl (C=O) groups is 1. The van der Waals surface area contributed by atoms with Crippen LogP contribution >= 0.6 is 15.9 Å². The number of hydrazone groups is 1. The van der Waals surface area contributed by atoms with Crippen molar-refractivity contribution >= 4 is 49.4 Å². The Balaban J connectivity index is 1.86. The lowest BCUT2D eigenvalue weighted by Crippen LogP contribution is -2.39. The highest BCUT2D eigenvalue weighted by atomic mass is 79.9. The lowest BCUT2D eigenvalue weighted by atomic mass is 10.2. The zero-order valence-electron chi connectivity index (χ0n) is 17.8. The summed E-state index contributed by atoms with van der Waals surface area (Å²) in [4.78, 5) is 22.8. The highest BCUT2D eigenvalue weighted by Crippen LogP contribution is 2.32. The molecule has 0 aliphatic rings. The number of halogens is 1. The van der Waals surface area contributed by atoms with Gasteiger partial charge in [-0.2, -0.15) is 5.10 Å². The van der Waals surface area contributed by atoms with E-state index in [9.17, 15) is 23.3 Å². The molecule has 12 heteroatoms. The molecule has 0 aliphatic carbocycles. The predicted octanol–water partition coefficient (Wildman–Crippen LogP) is 3.71. The van der Waals surface area contributed by atoms with Gasteiger partial charge in [-0.3, -0.25) is 19.2 Å². The minimum absolute atomic E-state index is 0.119. The molecule has 3 rings (SSSR count). The van der Waals surface area contributed by atoms with Crippen LogP contribution in [0.3, 0.4) is 0 Å². The Labute approximate surface area is 204 Å². The van der Waals surface area contributed by atoms with E-state index in [1.165, 1.54) is 43.7 Å². The molecular formula is C22H19BrN4O6S. The fourth-order valence-electron chi connectivity index (χ4n) is 2.94. The molecule has 0 bridgehead atoms. The van der Waals surface area contributed by atoms with Crippen LogP contribution in [0.4, 0.5) is 11.4 Å². The number of anilines is 1. The summed E-state index contributed by atoms with van der Waals surface area (Å²) in [7, 11) is -2.86. The number of ether oxygens (including phenoxy) is 1. The van der Waals surface area contributed by atoms with E-state index in [1.807, 2.05) is 0 Å². The molecular weight excluding hydrogens is 528 g/mol. The van der Waals surface area contributed by atoms with E-state index in [-0.39, 0.29) is 22.0 Å². The third-order valence-corrected chi connectivity index (χ3v) is 6.80. The van der Waals surface area contributed by atoms with Crippen molar-refractivity contribution in [2.24, 2.45) is 5.10 Å². The summed E-state index contributed by atoms with van der Waals surface area (Å²) in [5, 5.41) is 14.7. The first-order chi connectivity index (χ1) is 16.2. The van der Waals surface area contributed by atoms with E-state index >= 15 is 0 Å². The monoisotopic (exact) mass is 546 g/mol. The van der Waals surface area contributed by atoms with Crippen molar-refractivity contribution in [3.05, 3.63) is 92.9 Å². The molecule has 3 aromatic rings. The molecule has 0 saturated heterocycles. The fraction of sp³-hybridized carbons (Fsp3) is 0.0909. The average Bonchev–Trinajstić information content (AvgIpc) is 2.83. The van der Waals surface area contributed by atoms with Gasteiger partial charge in [0, 0.05) is 22.2 Å². The zero-order chi connectivity index (χ0) is 24.7. The molecule has 0 atom stereocenters. The predicted molar refractivity (Wildman–Crippen MR) is 131 cm³/mol. The molecule has 0 aliphatic heterocycles. The van der Waals surface area contributed by atoms with Gasteiger partial charge in [-0.05, 0) is 30.3 Å². The summed E-state index contributed by atoms with van der Waals surface area (Å²) in [6.07, 6.45) is 1.23. The zero-order valence-corrected chi connectivity index (χ0v) is 20.2. The van der Waals surface area contributed by atoms with Crippen LogP contribution < -0.4 is 14.5 Å². The molecule has 0 saturated carbocycles. The maximum Gasteiger partial charge on any atom is 0.270 e. The van der Waals surface area contributed by atoms with Crippen LogP contribution in [-0.2, 0) is 14.8 Å².